The first-order chi connectivity index (χ1) is 20.0. The molecule has 0 N–H and O–H groups in total. The van der Waals surface area contributed by atoms with Crippen LogP contribution in [0, 0.1) is 11.8 Å². The van der Waals surface area contributed by atoms with E-state index in [1.165, 1.54) is 0 Å². The van der Waals surface area contributed by atoms with Gasteiger partial charge in [0, 0.05) is 28.4 Å². The van der Waals surface area contributed by atoms with E-state index >= 15 is 0 Å². The first-order valence-corrected chi connectivity index (χ1v) is 15.9. The largest absolute Gasteiger partial charge is 0.475 e. The molecule has 2 saturated carbocycles. The molecule has 2 aliphatic carbocycles. The monoisotopic (exact) mass is 588 g/mol. The molecule has 5 atom stereocenters. The minimum absolute atomic E-state index is 0.0249. The fourth-order valence-corrected chi connectivity index (χ4v) is 7.21. The highest BCUT2D eigenvalue weighted by Crippen LogP contribution is 2.54. The zero-order chi connectivity index (χ0) is 29.1. The third-order valence-corrected chi connectivity index (χ3v) is 9.56. The predicted octanol–water partition coefficient (Wildman–Crippen LogP) is 6.74. The predicted molar refractivity (Wildman–Crippen MR) is 157 cm³/mol. The van der Waals surface area contributed by atoms with Crippen molar-refractivity contribution in [2.24, 2.45) is 11.8 Å². The molecule has 4 rings (SSSR count). The molecule has 0 aromatic heterocycles. The molecule has 2 fully saturated rings. The van der Waals surface area contributed by atoms with Gasteiger partial charge in [-0.25, -0.2) is 4.57 Å². The van der Waals surface area contributed by atoms with E-state index in [1.54, 1.807) is 28.4 Å². The molecule has 0 amide bonds. The summed E-state index contributed by atoms with van der Waals surface area (Å²) in [5, 5.41) is 0. The van der Waals surface area contributed by atoms with Crippen LogP contribution in [0.2, 0.25) is 0 Å². The van der Waals surface area contributed by atoms with Crippen LogP contribution >= 0.6 is 7.82 Å². The van der Waals surface area contributed by atoms with Crippen LogP contribution in [0.4, 0.5) is 0 Å². The summed E-state index contributed by atoms with van der Waals surface area (Å²) < 4.78 is 54.9. The van der Waals surface area contributed by atoms with Crippen LogP contribution in [-0.4, -0.2) is 59.0 Å². The molecule has 2 aliphatic rings. The number of allylic oxidation sites excluding steroid dienone is 2. The van der Waals surface area contributed by atoms with E-state index in [0.717, 1.165) is 36.8 Å². The van der Waals surface area contributed by atoms with Gasteiger partial charge in [0.25, 0.3) is 0 Å². The van der Waals surface area contributed by atoms with E-state index in [0.29, 0.717) is 12.3 Å². The van der Waals surface area contributed by atoms with Gasteiger partial charge in [-0.1, -0.05) is 72.8 Å². The fourth-order valence-electron chi connectivity index (χ4n) is 5.84. The number of methoxy groups -OCH3 is 4. The summed E-state index contributed by atoms with van der Waals surface area (Å²) in [5.74, 6) is 0.551. The quantitative estimate of drug-likeness (QED) is 0.177. The summed E-state index contributed by atoms with van der Waals surface area (Å²) in [7, 11) is 2.90. The van der Waals surface area contributed by atoms with E-state index < -0.39 is 13.9 Å². The molecule has 0 aliphatic heterocycles. The lowest BCUT2D eigenvalue weighted by Crippen LogP contribution is -2.47. The molecular weight excluding hydrogens is 543 g/mol. The molecule has 2 aromatic carbocycles. The Kier molecular flexibility index (Phi) is 12.6. The number of benzene rings is 2. The maximum atomic E-state index is 14.0. The number of phosphoric ester groups is 1. The minimum atomic E-state index is -3.93. The van der Waals surface area contributed by atoms with Crippen LogP contribution in [0.3, 0.4) is 0 Å². The van der Waals surface area contributed by atoms with Crippen molar-refractivity contribution in [3.05, 3.63) is 83.9 Å². The van der Waals surface area contributed by atoms with Crippen molar-refractivity contribution in [1.82, 2.24) is 0 Å². The molecular formula is C32H45O8P. The highest BCUT2D eigenvalue weighted by Gasteiger charge is 2.40. The Morgan fingerprint density at radius 3 is 1.61 bits per heavy atom. The van der Waals surface area contributed by atoms with Gasteiger partial charge in [-0.3, -0.25) is 13.6 Å². The average Bonchev–Trinajstić information content (AvgIpc) is 3.02. The molecule has 9 heteroatoms. The summed E-state index contributed by atoms with van der Waals surface area (Å²) in [6, 6.07) is 19.2. The second kappa shape index (κ2) is 16.1. The van der Waals surface area contributed by atoms with Gasteiger partial charge >= 0.3 is 7.82 Å². The first kappa shape index (κ1) is 32.1. The van der Waals surface area contributed by atoms with Crippen molar-refractivity contribution in [2.75, 3.05) is 28.4 Å². The topological polar surface area (TPSA) is 81.7 Å². The summed E-state index contributed by atoms with van der Waals surface area (Å²) >= 11 is 0. The number of ether oxygens (including phenoxy) is 4. The van der Waals surface area contributed by atoms with Crippen molar-refractivity contribution in [2.45, 2.75) is 75.8 Å². The SMILES string of the molecule is COC1CCC(/C=C\C2CC(OC)C(OC)C(OC)C2)CC1OP(=O)(OCc1ccccc1)OCc1ccccc1. The summed E-state index contributed by atoms with van der Waals surface area (Å²) in [6.07, 6.45) is 7.88. The van der Waals surface area contributed by atoms with Crippen LogP contribution in [0.15, 0.2) is 72.8 Å². The lowest BCUT2D eigenvalue weighted by molar-refractivity contribution is -0.136. The fraction of sp³-hybridized carbons (Fsp3) is 0.562. The van der Waals surface area contributed by atoms with E-state index in [9.17, 15) is 4.57 Å². The van der Waals surface area contributed by atoms with Crippen LogP contribution < -0.4 is 0 Å². The van der Waals surface area contributed by atoms with E-state index in [1.807, 2.05) is 60.7 Å². The number of hydrogen-bond acceptors (Lipinski definition) is 8. The van der Waals surface area contributed by atoms with Gasteiger partial charge < -0.3 is 18.9 Å². The van der Waals surface area contributed by atoms with Gasteiger partial charge in [0.1, 0.15) is 6.10 Å². The standard InChI is InChI=1S/C32H45O8P/c1-34-28-18-17-24(15-16-27-20-30(35-2)32(37-4)31(21-27)36-3)19-29(28)40-41(33,38-22-25-11-7-5-8-12-25)39-23-26-13-9-6-10-14-26/h5-16,24,27-32H,17-23H2,1-4H3/b16-15-. The average molecular weight is 589 g/mol. The highest BCUT2D eigenvalue weighted by molar-refractivity contribution is 7.48. The van der Waals surface area contributed by atoms with Crippen molar-refractivity contribution in [3.8, 4) is 0 Å². The van der Waals surface area contributed by atoms with Gasteiger partial charge in [0.05, 0.1) is 37.6 Å². The number of rotatable bonds is 14. The van der Waals surface area contributed by atoms with Crippen LogP contribution in [0.5, 0.6) is 0 Å². The lowest BCUT2D eigenvalue weighted by Gasteiger charge is -2.39. The third-order valence-electron chi connectivity index (χ3n) is 8.14. The molecule has 0 heterocycles. The highest BCUT2D eigenvalue weighted by atomic mass is 31.2. The van der Waals surface area contributed by atoms with Gasteiger partial charge in [0.2, 0.25) is 0 Å². The molecule has 0 bridgehead atoms. The summed E-state index contributed by atoms with van der Waals surface area (Å²) in [4.78, 5) is 0. The van der Waals surface area contributed by atoms with Gasteiger partial charge in [-0.15, -0.1) is 0 Å². The molecule has 0 radical (unpaired) electrons. The van der Waals surface area contributed by atoms with E-state index in [4.69, 9.17) is 32.5 Å². The number of hydrogen-bond donors (Lipinski definition) is 0. The van der Waals surface area contributed by atoms with E-state index in [-0.39, 0.29) is 43.5 Å². The zero-order valence-electron chi connectivity index (χ0n) is 24.6. The molecule has 0 saturated heterocycles. The number of phosphoric acid groups is 1. The smallest absolute Gasteiger partial charge is 0.379 e. The van der Waals surface area contributed by atoms with Crippen LogP contribution in [0.1, 0.15) is 43.2 Å². The lowest BCUT2D eigenvalue weighted by atomic mass is 9.80. The zero-order valence-corrected chi connectivity index (χ0v) is 25.5. The maximum Gasteiger partial charge on any atom is 0.475 e. The van der Waals surface area contributed by atoms with Crippen molar-refractivity contribution in [1.29, 1.82) is 0 Å². The maximum absolute atomic E-state index is 14.0. The summed E-state index contributed by atoms with van der Waals surface area (Å²) in [6.45, 7) is 0.234. The van der Waals surface area contributed by atoms with Crippen LogP contribution in [-0.2, 0) is 50.3 Å². The van der Waals surface area contributed by atoms with E-state index in [2.05, 4.69) is 12.2 Å². The molecule has 8 nitrogen and oxygen atoms in total. The first-order valence-electron chi connectivity index (χ1n) is 14.4. The second-order valence-corrected chi connectivity index (χ2v) is 12.4. The Labute approximate surface area is 244 Å². The molecule has 5 unspecified atom stereocenters. The Hall–Kier alpha value is -1.87. The Morgan fingerprint density at radius 1 is 0.634 bits per heavy atom. The minimum Gasteiger partial charge on any atom is -0.379 e. The Balaban J connectivity index is 1.44. The van der Waals surface area contributed by atoms with Crippen molar-refractivity contribution in [3.63, 3.8) is 0 Å². The van der Waals surface area contributed by atoms with Crippen molar-refractivity contribution >= 4 is 7.82 Å². The van der Waals surface area contributed by atoms with Gasteiger partial charge in [0.15, 0.2) is 0 Å². The van der Waals surface area contributed by atoms with Gasteiger partial charge in [-0.2, -0.15) is 0 Å². The molecule has 226 valence electrons. The third kappa shape index (κ3) is 9.31. The Morgan fingerprint density at radius 2 is 1.12 bits per heavy atom. The molecule has 2 aromatic rings. The molecule has 0 spiro atoms. The Bertz CT molecular complexity index is 1040. The molecule has 41 heavy (non-hydrogen) atoms. The van der Waals surface area contributed by atoms with Crippen LogP contribution in [0.25, 0.3) is 0 Å². The van der Waals surface area contributed by atoms with Gasteiger partial charge in [-0.05, 0) is 55.1 Å². The normalized spacial score (nSPS) is 29.1. The van der Waals surface area contributed by atoms with Crippen molar-refractivity contribution < 1.29 is 37.1 Å². The summed E-state index contributed by atoms with van der Waals surface area (Å²) in [5.41, 5.74) is 1.78. The second-order valence-electron chi connectivity index (χ2n) is 10.8.